The van der Waals surface area contributed by atoms with Crippen molar-refractivity contribution in [3.63, 3.8) is 0 Å². The highest BCUT2D eigenvalue weighted by Crippen LogP contribution is 2.31. The van der Waals surface area contributed by atoms with E-state index in [0.29, 0.717) is 24.4 Å². The number of hydrogen-bond donors (Lipinski definition) is 1. The first-order chi connectivity index (χ1) is 11.0. The van der Waals surface area contributed by atoms with Crippen molar-refractivity contribution in [2.45, 2.75) is 45.6 Å². The van der Waals surface area contributed by atoms with Crippen molar-refractivity contribution in [1.82, 2.24) is 10.2 Å². The molecule has 0 saturated heterocycles. The van der Waals surface area contributed by atoms with Crippen molar-refractivity contribution in [2.75, 3.05) is 14.1 Å². The zero-order valence-corrected chi connectivity index (χ0v) is 14.5. The van der Waals surface area contributed by atoms with Gasteiger partial charge in [0.2, 0.25) is 5.91 Å². The Balaban J connectivity index is 1.86. The topological polar surface area (TPSA) is 49.4 Å². The van der Waals surface area contributed by atoms with Gasteiger partial charge in [-0.15, -0.1) is 0 Å². The lowest BCUT2D eigenvalue weighted by atomic mass is 9.80. The van der Waals surface area contributed by atoms with Crippen LogP contribution in [0.2, 0.25) is 0 Å². The summed E-state index contributed by atoms with van der Waals surface area (Å²) in [5.74, 6) is 1.43. The van der Waals surface area contributed by atoms with Crippen LogP contribution in [0.1, 0.15) is 54.9 Å². The molecule has 0 heterocycles. The van der Waals surface area contributed by atoms with Crippen molar-refractivity contribution >= 4 is 11.8 Å². The molecule has 0 aromatic heterocycles. The summed E-state index contributed by atoms with van der Waals surface area (Å²) in [4.78, 5) is 25.7. The van der Waals surface area contributed by atoms with Crippen molar-refractivity contribution in [3.8, 4) is 0 Å². The van der Waals surface area contributed by atoms with Gasteiger partial charge in [0.1, 0.15) is 0 Å². The summed E-state index contributed by atoms with van der Waals surface area (Å²) in [6.07, 6.45) is 5.59. The zero-order chi connectivity index (χ0) is 16.8. The van der Waals surface area contributed by atoms with Gasteiger partial charge in [-0.25, -0.2) is 0 Å². The van der Waals surface area contributed by atoms with Crippen LogP contribution in [0.4, 0.5) is 0 Å². The predicted molar refractivity (Wildman–Crippen MR) is 92.0 cm³/mol. The lowest BCUT2D eigenvalue weighted by Gasteiger charge is -2.28. The van der Waals surface area contributed by atoms with E-state index in [2.05, 4.69) is 12.2 Å². The lowest BCUT2D eigenvalue weighted by molar-refractivity contribution is -0.131. The number of nitrogens with zero attached hydrogens (tertiary/aromatic N) is 1. The van der Waals surface area contributed by atoms with Gasteiger partial charge in [-0.3, -0.25) is 9.59 Å². The number of carbonyl (C=O) groups excluding carboxylic acids is 2. The first kappa shape index (κ1) is 17.5. The largest absolute Gasteiger partial charge is 0.355 e. The van der Waals surface area contributed by atoms with Crippen LogP contribution in [-0.2, 0) is 11.3 Å². The minimum atomic E-state index is -0.0904. The minimum absolute atomic E-state index is 0.0904. The van der Waals surface area contributed by atoms with Crippen LogP contribution in [0, 0.1) is 11.8 Å². The number of carbonyl (C=O) groups is 2. The molecule has 0 aliphatic heterocycles. The Bertz CT molecular complexity index is 539. The minimum Gasteiger partial charge on any atom is -0.355 e. The summed E-state index contributed by atoms with van der Waals surface area (Å²) in [7, 11) is 3.48. The maximum absolute atomic E-state index is 12.4. The SMILES string of the molecule is CNC(=O)c1ccc(CN(C)C(=O)C[C@@H]2CCC[C@H](C)C2)cc1. The summed E-state index contributed by atoms with van der Waals surface area (Å²) < 4.78 is 0. The third-order valence-electron chi connectivity index (χ3n) is 4.80. The number of nitrogens with one attached hydrogen (secondary N) is 1. The third kappa shape index (κ3) is 5.08. The molecule has 1 fully saturated rings. The van der Waals surface area contributed by atoms with Crippen LogP contribution < -0.4 is 5.32 Å². The average Bonchev–Trinajstić information content (AvgIpc) is 2.54. The third-order valence-corrected chi connectivity index (χ3v) is 4.80. The average molecular weight is 316 g/mol. The van der Waals surface area contributed by atoms with E-state index in [-0.39, 0.29) is 11.8 Å². The summed E-state index contributed by atoms with van der Waals surface area (Å²) in [5.41, 5.74) is 1.69. The van der Waals surface area contributed by atoms with E-state index in [1.165, 1.54) is 25.7 Å². The van der Waals surface area contributed by atoms with Gasteiger partial charge in [-0.2, -0.15) is 0 Å². The van der Waals surface area contributed by atoms with Crippen LogP contribution in [0.15, 0.2) is 24.3 Å². The molecule has 1 aromatic carbocycles. The van der Waals surface area contributed by atoms with E-state index in [1.807, 2.05) is 19.2 Å². The van der Waals surface area contributed by atoms with Crippen LogP contribution in [0.25, 0.3) is 0 Å². The highest BCUT2D eigenvalue weighted by Gasteiger charge is 2.22. The molecule has 4 heteroatoms. The van der Waals surface area contributed by atoms with Crippen molar-refractivity contribution in [1.29, 1.82) is 0 Å². The molecule has 2 rings (SSSR count). The van der Waals surface area contributed by atoms with Crippen LogP contribution >= 0.6 is 0 Å². The van der Waals surface area contributed by atoms with E-state index >= 15 is 0 Å². The molecule has 1 N–H and O–H groups in total. The number of benzene rings is 1. The first-order valence-electron chi connectivity index (χ1n) is 8.54. The van der Waals surface area contributed by atoms with Crippen LogP contribution in [0.5, 0.6) is 0 Å². The summed E-state index contributed by atoms with van der Waals surface area (Å²) in [5, 5.41) is 2.61. The highest BCUT2D eigenvalue weighted by molar-refractivity contribution is 5.93. The number of hydrogen-bond acceptors (Lipinski definition) is 2. The Labute approximate surface area is 139 Å². The fourth-order valence-electron chi connectivity index (χ4n) is 3.42. The van der Waals surface area contributed by atoms with Crippen molar-refractivity contribution in [2.24, 2.45) is 11.8 Å². The Morgan fingerprint density at radius 1 is 1.22 bits per heavy atom. The molecule has 0 radical (unpaired) electrons. The molecular weight excluding hydrogens is 288 g/mol. The first-order valence-corrected chi connectivity index (χ1v) is 8.54. The maximum atomic E-state index is 12.4. The molecule has 1 aliphatic rings. The number of amides is 2. The van der Waals surface area contributed by atoms with Crippen molar-refractivity contribution < 1.29 is 9.59 Å². The highest BCUT2D eigenvalue weighted by atomic mass is 16.2. The van der Waals surface area contributed by atoms with Gasteiger partial charge in [0.15, 0.2) is 0 Å². The zero-order valence-electron chi connectivity index (χ0n) is 14.5. The fraction of sp³-hybridized carbons (Fsp3) is 0.579. The van der Waals surface area contributed by atoms with E-state index in [0.717, 1.165) is 11.5 Å². The lowest BCUT2D eigenvalue weighted by Crippen LogP contribution is -2.29. The van der Waals surface area contributed by atoms with E-state index in [9.17, 15) is 9.59 Å². The summed E-state index contributed by atoms with van der Waals surface area (Å²) in [6, 6.07) is 7.43. The van der Waals surface area contributed by atoms with Gasteiger partial charge in [-0.05, 0) is 42.4 Å². The quantitative estimate of drug-likeness (QED) is 0.907. The second kappa shape index (κ2) is 8.14. The molecule has 4 nitrogen and oxygen atoms in total. The number of rotatable bonds is 5. The molecule has 2 amide bonds. The summed E-state index contributed by atoms with van der Waals surface area (Å²) in [6.45, 7) is 2.88. The Kier molecular flexibility index (Phi) is 6.20. The van der Waals surface area contributed by atoms with Crippen molar-refractivity contribution in [3.05, 3.63) is 35.4 Å². The Hall–Kier alpha value is -1.84. The van der Waals surface area contributed by atoms with E-state index in [1.54, 1.807) is 24.1 Å². The van der Waals surface area contributed by atoms with E-state index < -0.39 is 0 Å². The van der Waals surface area contributed by atoms with Gasteiger partial charge in [-0.1, -0.05) is 31.9 Å². The molecule has 0 unspecified atom stereocenters. The molecule has 23 heavy (non-hydrogen) atoms. The van der Waals surface area contributed by atoms with Gasteiger partial charge >= 0.3 is 0 Å². The van der Waals surface area contributed by atoms with Gasteiger partial charge in [0.05, 0.1) is 0 Å². The fourth-order valence-corrected chi connectivity index (χ4v) is 3.42. The second-order valence-electron chi connectivity index (χ2n) is 6.87. The Morgan fingerprint density at radius 2 is 1.91 bits per heavy atom. The van der Waals surface area contributed by atoms with E-state index in [4.69, 9.17) is 0 Å². The predicted octanol–water partition coefficient (Wildman–Crippen LogP) is 3.22. The molecule has 0 bridgehead atoms. The molecular formula is C19H28N2O2. The molecule has 1 aliphatic carbocycles. The second-order valence-corrected chi connectivity index (χ2v) is 6.87. The molecule has 1 saturated carbocycles. The molecule has 2 atom stereocenters. The smallest absolute Gasteiger partial charge is 0.251 e. The Morgan fingerprint density at radius 3 is 2.52 bits per heavy atom. The summed E-state index contributed by atoms with van der Waals surface area (Å²) >= 11 is 0. The maximum Gasteiger partial charge on any atom is 0.251 e. The monoisotopic (exact) mass is 316 g/mol. The van der Waals surface area contributed by atoms with Gasteiger partial charge < -0.3 is 10.2 Å². The molecule has 1 aromatic rings. The van der Waals surface area contributed by atoms with Crippen LogP contribution in [0.3, 0.4) is 0 Å². The molecule has 126 valence electrons. The standard InChI is InChI=1S/C19H28N2O2/c1-14-5-4-6-16(11-14)12-18(22)21(3)13-15-7-9-17(10-8-15)19(23)20-2/h7-10,14,16H,4-6,11-13H2,1-3H3,(H,20,23)/t14-,16+/m0/s1. The van der Waals surface area contributed by atoms with Gasteiger partial charge in [0, 0.05) is 32.6 Å². The normalized spacial score (nSPS) is 20.8. The molecule has 0 spiro atoms. The van der Waals surface area contributed by atoms with Crippen LogP contribution in [-0.4, -0.2) is 30.8 Å². The van der Waals surface area contributed by atoms with Gasteiger partial charge in [0.25, 0.3) is 5.91 Å².